The average molecular weight is 453 g/mol. The second-order valence-electron chi connectivity index (χ2n) is 10.5. The van der Waals surface area contributed by atoms with E-state index in [1.54, 1.807) is 27.7 Å². The van der Waals surface area contributed by atoms with Gasteiger partial charge in [-0.15, -0.1) is 0 Å². The highest BCUT2D eigenvalue weighted by atomic mass is 16.6. The topological polar surface area (TPSA) is 134 Å². The van der Waals surface area contributed by atoms with Gasteiger partial charge in [0.05, 0.1) is 23.2 Å². The summed E-state index contributed by atoms with van der Waals surface area (Å²) in [6, 6.07) is 0. The van der Waals surface area contributed by atoms with Gasteiger partial charge in [-0.05, 0) is 56.3 Å². The summed E-state index contributed by atoms with van der Waals surface area (Å²) < 4.78 is 11.3. The summed E-state index contributed by atoms with van der Waals surface area (Å²) in [5, 5.41) is 44.6. The molecule has 0 saturated heterocycles. The third-order valence-corrected chi connectivity index (χ3v) is 8.26. The van der Waals surface area contributed by atoms with Crippen molar-refractivity contribution in [2.75, 3.05) is 0 Å². The van der Waals surface area contributed by atoms with E-state index in [0.29, 0.717) is 16.7 Å². The highest BCUT2D eigenvalue weighted by Gasteiger charge is 2.67. The van der Waals surface area contributed by atoms with Crippen molar-refractivity contribution in [1.29, 1.82) is 0 Å². The fourth-order valence-corrected chi connectivity index (χ4v) is 6.47. The van der Waals surface area contributed by atoms with Crippen LogP contribution in [0.15, 0.2) is 23.3 Å². The third-order valence-electron chi connectivity index (χ3n) is 8.26. The van der Waals surface area contributed by atoms with Gasteiger partial charge < -0.3 is 29.9 Å². The van der Waals surface area contributed by atoms with E-state index in [1.165, 1.54) is 13.8 Å². The van der Waals surface area contributed by atoms with Crippen LogP contribution in [0.3, 0.4) is 0 Å². The molecule has 0 heterocycles. The van der Waals surface area contributed by atoms with Gasteiger partial charge in [0.25, 0.3) is 0 Å². The molecular formula is C24H36O8. The third kappa shape index (κ3) is 3.52. The van der Waals surface area contributed by atoms with Crippen LogP contribution >= 0.6 is 0 Å². The van der Waals surface area contributed by atoms with Gasteiger partial charge >= 0.3 is 11.9 Å². The van der Waals surface area contributed by atoms with E-state index in [9.17, 15) is 30.0 Å². The van der Waals surface area contributed by atoms with E-state index in [0.717, 1.165) is 0 Å². The van der Waals surface area contributed by atoms with Crippen molar-refractivity contribution in [2.45, 2.75) is 96.9 Å². The van der Waals surface area contributed by atoms with Crippen molar-refractivity contribution in [3.05, 3.63) is 23.3 Å². The zero-order valence-corrected chi connectivity index (χ0v) is 19.7. The van der Waals surface area contributed by atoms with Gasteiger partial charge in [-0.2, -0.15) is 0 Å². The van der Waals surface area contributed by atoms with Gasteiger partial charge in [0.15, 0.2) is 0 Å². The average Bonchev–Trinajstić information content (AvgIpc) is 2.86. The lowest BCUT2D eigenvalue weighted by atomic mass is 9.56. The van der Waals surface area contributed by atoms with E-state index in [-0.39, 0.29) is 19.3 Å². The number of carbonyl (C=O) groups excluding carboxylic acids is 2. The fourth-order valence-electron chi connectivity index (χ4n) is 6.47. The molecule has 0 aromatic carbocycles. The second kappa shape index (κ2) is 7.94. The van der Waals surface area contributed by atoms with Crippen LogP contribution in [0, 0.1) is 16.7 Å². The van der Waals surface area contributed by atoms with Gasteiger partial charge in [-0.3, -0.25) is 9.59 Å². The van der Waals surface area contributed by atoms with Gasteiger partial charge in [0, 0.05) is 25.7 Å². The largest absolute Gasteiger partial charge is 0.462 e. The van der Waals surface area contributed by atoms with Crippen molar-refractivity contribution >= 4 is 11.9 Å². The smallest absolute Gasteiger partial charge is 0.303 e. The summed E-state index contributed by atoms with van der Waals surface area (Å²) in [7, 11) is 0. The minimum atomic E-state index is -1.37. The predicted molar refractivity (Wildman–Crippen MR) is 115 cm³/mol. The summed E-state index contributed by atoms with van der Waals surface area (Å²) in [4.78, 5) is 24.1. The Morgan fingerprint density at radius 3 is 2.12 bits per heavy atom. The van der Waals surface area contributed by atoms with Crippen LogP contribution in [-0.2, 0) is 19.1 Å². The minimum Gasteiger partial charge on any atom is -0.462 e. The summed E-state index contributed by atoms with van der Waals surface area (Å²) in [6.45, 7) is 13.3. The first-order valence-corrected chi connectivity index (χ1v) is 11.1. The number of hydrogen-bond acceptors (Lipinski definition) is 8. The van der Waals surface area contributed by atoms with Crippen LogP contribution in [0.25, 0.3) is 0 Å². The molecule has 8 nitrogen and oxygen atoms in total. The number of aliphatic hydroxyl groups excluding tert-OH is 3. The van der Waals surface area contributed by atoms with E-state index in [4.69, 9.17) is 9.47 Å². The number of rotatable bonds is 3. The van der Waals surface area contributed by atoms with Gasteiger partial charge in [0.2, 0.25) is 0 Å². The maximum absolute atomic E-state index is 12.1. The van der Waals surface area contributed by atoms with Crippen molar-refractivity contribution in [1.82, 2.24) is 0 Å². The molecule has 8 heteroatoms. The quantitative estimate of drug-likeness (QED) is 0.373. The molecule has 0 amide bonds. The zero-order valence-electron chi connectivity index (χ0n) is 19.7. The molecule has 4 N–H and O–H groups in total. The maximum atomic E-state index is 12.1. The van der Waals surface area contributed by atoms with Crippen molar-refractivity contribution in [3.63, 3.8) is 0 Å². The molecule has 0 aromatic heterocycles. The van der Waals surface area contributed by atoms with E-state index in [1.807, 2.05) is 0 Å². The Morgan fingerprint density at radius 1 is 1.06 bits per heavy atom. The van der Waals surface area contributed by atoms with Crippen LogP contribution in [0.4, 0.5) is 0 Å². The molecule has 0 bridgehead atoms. The van der Waals surface area contributed by atoms with Crippen LogP contribution in [0.5, 0.6) is 0 Å². The monoisotopic (exact) mass is 452 g/mol. The molecule has 0 aromatic rings. The molecule has 8 atom stereocenters. The van der Waals surface area contributed by atoms with Gasteiger partial charge in [-0.1, -0.05) is 13.5 Å². The highest BCUT2D eigenvalue weighted by molar-refractivity contribution is 5.67. The van der Waals surface area contributed by atoms with Crippen molar-refractivity contribution in [3.8, 4) is 0 Å². The van der Waals surface area contributed by atoms with Crippen LogP contribution < -0.4 is 0 Å². The molecule has 3 rings (SSSR count). The fraction of sp³-hybridized carbons (Fsp3) is 0.750. The number of hydrogen-bond donors (Lipinski definition) is 4. The van der Waals surface area contributed by atoms with Crippen LogP contribution in [0.2, 0.25) is 0 Å². The first kappa shape index (κ1) is 24.9. The van der Waals surface area contributed by atoms with E-state index >= 15 is 0 Å². The number of esters is 2. The van der Waals surface area contributed by atoms with Gasteiger partial charge in [-0.25, -0.2) is 0 Å². The SMILES string of the molecule is C=C1[C@H]2C[C@]3(C(C)(C)O)C[C@H](O)C(C)=C3[C@H](O)[C@@H](OC(C)=O)[C@]2(C)[C@@H](OC(C)=O)C[C@@H]1O. The van der Waals surface area contributed by atoms with Gasteiger partial charge in [0.1, 0.15) is 18.3 Å². The first-order chi connectivity index (χ1) is 14.6. The molecule has 2 saturated carbocycles. The lowest BCUT2D eigenvalue weighted by molar-refractivity contribution is -0.195. The Labute approximate surface area is 188 Å². The molecule has 0 radical (unpaired) electrons. The highest BCUT2D eigenvalue weighted by Crippen LogP contribution is 2.64. The lowest BCUT2D eigenvalue weighted by Gasteiger charge is -2.53. The normalized spacial score (nSPS) is 42.1. The molecule has 0 aliphatic heterocycles. The molecule has 0 unspecified atom stereocenters. The number of aliphatic hydroxyl groups is 4. The van der Waals surface area contributed by atoms with E-state index in [2.05, 4.69) is 6.58 Å². The number of fused-ring (bicyclic) bond motifs is 2. The Bertz CT molecular complexity index is 855. The van der Waals surface area contributed by atoms with Crippen LogP contribution in [0.1, 0.15) is 60.8 Å². The first-order valence-electron chi connectivity index (χ1n) is 11.1. The molecule has 2 fully saturated rings. The molecule has 32 heavy (non-hydrogen) atoms. The Kier molecular flexibility index (Phi) is 6.17. The summed E-state index contributed by atoms with van der Waals surface area (Å²) in [6.07, 6.45) is -4.82. The van der Waals surface area contributed by atoms with Crippen LogP contribution in [-0.4, -0.2) is 68.5 Å². The summed E-state index contributed by atoms with van der Waals surface area (Å²) in [5.74, 6) is -1.77. The Balaban J connectivity index is 2.33. The maximum Gasteiger partial charge on any atom is 0.303 e. The molecule has 180 valence electrons. The molecule has 3 aliphatic carbocycles. The Hall–Kier alpha value is -1.74. The molecule has 3 aliphatic rings. The number of ether oxygens (including phenoxy) is 2. The standard InChI is InChI=1S/C24H36O8/c1-11-15-9-24(22(5,6)30)10-17(28)12(2)19(24)20(29)21(32-14(4)26)23(15,7)18(8-16(11)27)31-13(3)25/h15-18,20-21,27-30H,1,8-10H2,2-7H3/t15-,16+,17+,18+,20+,21-,23+,24+/m1/s1. The number of carbonyl (C=O) groups is 2. The summed E-state index contributed by atoms with van der Waals surface area (Å²) >= 11 is 0. The van der Waals surface area contributed by atoms with Crippen molar-refractivity contribution in [2.24, 2.45) is 16.7 Å². The second-order valence-corrected chi connectivity index (χ2v) is 10.5. The predicted octanol–water partition coefficient (Wildman–Crippen LogP) is 1.40. The molecule has 0 spiro atoms. The van der Waals surface area contributed by atoms with Crippen molar-refractivity contribution < 1.29 is 39.5 Å². The molecular weight excluding hydrogens is 416 g/mol. The lowest BCUT2D eigenvalue weighted by Crippen LogP contribution is -2.59. The minimum absolute atomic E-state index is 0.0477. The van der Waals surface area contributed by atoms with E-state index < -0.39 is 64.8 Å². The zero-order chi connectivity index (χ0) is 24.4. The summed E-state index contributed by atoms with van der Waals surface area (Å²) in [5.41, 5.74) is -2.15. The Morgan fingerprint density at radius 2 is 1.62 bits per heavy atom.